The third-order valence-corrected chi connectivity index (χ3v) is 3.69. The molecule has 3 nitrogen and oxygen atoms in total. The van der Waals surface area contributed by atoms with Gasteiger partial charge in [-0.15, -0.1) is 0 Å². The maximum absolute atomic E-state index is 10.1. The van der Waals surface area contributed by atoms with Crippen molar-refractivity contribution in [3.63, 3.8) is 0 Å². The highest BCUT2D eigenvalue weighted by Gasteiger charge is 2.23. The number of aliphatic hydroxyl groups is 1. The molecule has 3 heteroatoms. The molecule has 0 saturated carbocycles. The topological polar surface area (TPSA) is 35.5 Å². The van der Waals surface area contributed by atoms with E-state index in [9.17, 15) is 5.11 Å². The minimum atomic E-state index is -0.496. The summed E-state index contributed by atoms with van der Waals surface area (Å²) in [5, 5.41) is 13.5. The summed E-state index contributed by atoms with van der Waals surface area (Å²) in [6.07, 6.45) is 2.96. The Morgan fingerprint density at radius 2 is 2.07 bits per heavy atom. The van der Waals surface area contributed by atoms with Crippen molar-refractivity contribution in [1.29, 1.82) is 0 Å². The van der Waals surface area contributed by atoms with Crippen molar-refractivity contribution in [3.05, 3.63) is 0 Å². The Balaban J connectivity index is 2.15. The van der Waals surface area contributed by atoms with E-state index < -0.39 is 5.60 Å². The Morgan fingerprint density at radius 1 is 1.40 bits per heavy atom. The predicted molar refractivity (Wildman–Crippen MR) is 64.0 cm³/mol. The number of likely N-dealkylation sites (tertiary alicyclic amines) is 1. The molecule has 1 rings (SSSR count). The van der Waals surface area contributed by atoms with E-state index in [2.05, 4.69) is 31.1 Å². The van der Waals surface area contributed by atoms with Gasteiger partial charge in [-0.05, 0) is 45.3 Å². The normalized spacial score (nSPS) is 23.6. The largest absolute Gasteiger partial charge is 0.389 e. The first-order valence-electron chi connectivity index (χ1n) is 6.21. The van der Waals surface area contributed by atoms with E-state index in [0.717, 1.165) is 31.8 Å². The first-order valence-corrected chi connectivity index (χ1v) is 6.21. The van der Waals surface area contributed by atoms with Crippen LogP contribution in [0.5, 0.6) is 0 Å². The monoisotopic (exact) mass is 214 g/mol. The quantitative estimate of drug-likeness (QED) is 0.694. The number of rotatable bonds is 6. The van der Waals surface area contributed by atoms with Gasteiger partial charge in [0.2, 0.25) is 0 Å². The molecule has 0 spiro atoms. The molecule has 0 aromatic carbocycles. The molecule has 0 bridgehead atoms. The summed E-state index contributed by atoms with van der Waals surface area (Å²) in [6, 6.07) is 0. The summed E-state index contributed by atoms with van der Waals surface area (Å²) < 4.78 is 0. The summed E-state index contributed by atoms with van der Waals surface area (Å²) in [6.45, 7) is 8.30. The van der Waals surface area contributed by atoms with Crippen LogP contribution in [0.15, 0.2) is 0 Å². The number of hydrogen-bond acceptors (Lipinski definition) is 3. The molecule has 1 fully saturated rings. The minimum Gasteiger partial charge on any atom is -0.389 e. The van der Waals surface area contributed by atoms with Gasteiger partial charge < -0.3 is 15.3 Å². The van der Waals surface area contributed by atoms with E-state index in [1.54, 1.807) is 0 Å². The van der Waals surface area contributed by atoms with Crippen LogP contribution in [0.25, 0.3) is 0 Å². The molecular weight excluding hydrogens is 188 g/mol. The van der Waals surface area contributed by atoms with Crippen molar-refractivity contribution in [1.82, 2.24) is 10.2 Å². The molecule has 2 N–H and O–H groups in total. The number of nitrogens with zero attached hydrogens (tertiary/aromatic N) is 1. The molecule has 1 unspecified atom stereocenters. The summed E-state index contributed by atoms with van der Waals surface area (Å²) in [4.78, 5) is 2.37. The molecule has 1 aliphatic rings. The van der Waals surface area contributed by atoms with E-state index in [1.807, 2.05) is 0 Å². The van der Waals surface area contributed by atoms with Crippen LogP contribution in [0.2, 0.25) is 0 Å². The summed E-state index contributed by atoms with van der Waals surface area (Å²) >= 11 is 0. The maximum Gasteiger partial charge on any atom is 0.0766 e. The fourth-order valence-electron chi connectivity index (χ4n) is 2.20. The second-order valence-corrected chi connectivity index (χ2v) is 4.98. The standard InChI is InChI=1S/C12H26N2O/c1-4-12(15,5-2)10-13-8-11-6-7-14(3)9-11/h11,13,15H,4-10H2,1-3H3. The van der Waals surface area contributed by atoms with Gasteiger partial charge >= 0.3 is 0 Å². The van der Waals surface area contributed by atoms with E-state index in [1.165, 1.54) is 19.5 Å². The van der Waals surface area contributed by atoms with Gasteiger partial charge in [0.15, 0.2) is 0 Å². The third-order valence-electron chi connectivity index (χ3n) is 3.69. The lowest BCUT2D eigenvalue weighted by molar-refractivity contribution is 0.0319. The van der Waals surface area contributed by atoms with Crippen molar-refractivity contribution in [2.75, 3.05) is 33.2 Å². The van der Waals surface area contributed by atoms with Gasteiger partial charge in [-0.2, -0.15) is 0 Å². The minimum absolute atomic E-state index is 0.496. The van der Waals surface area contributed by atoms with Crippen molar-refractivity contribution in [3.8, 4) is 0 Å². The molecular formula is C12H26N2O. The van der Waals surface area contributed by atoms with Crippen LogP contribution in [0.3, 0.4) is 0 Å². The Morgan fingerprint density at radius 3 is 2.53 bits per heavy atom. The van der Waals surface area contributed by atoms with E-state index in [0.29, 0.717) is 0 Å². The van der Waals surface area contributed by atoms with Crippen LogP contribution in [0.4, 0.5) is 0 Å². The van der Waals surface area contributed by atoms with Gasteiger partial charge in [-0.25, -0.2) is 0 Å². The van der Waals surface area contributed by atoms with Crippen molar-refractivity contribution in [2.45, 2.75) is 38.7 Å². The number of nitrogens with one attached hydrogen (secondary N) is 1. The van der Waals surface area contributed by atoms with Gasteiger partial charge in [0.25, 0.3) is 0 Å². The first kappa shape index (κ1) is 12.9. The smallest absolute Gasteiger partial charge is 0.0766 e. The predicted octanol–water partition coefficient (Wildman–Crippen LogP) is 1.08. The van der Waals surface area contributed by atoms with E-state index in [-0.39, 0.29) is 0 Å². The highest BCUT2D eigenvalue weighted by atomic mass is 16.3. The molecule has 1 heterocycles. The lowest BCUT2D eigenvalue weighted by atomic mass is 9.97. The van der Waals surface area contributed by atoms with Crippen molar-refractivity contribution >= 4 is 0 Å². The molecule has 0 aliphatic carbocycles. The Hall–Kier alpha value is -0.120. The van der Waals surface area contributed by atoms with Crippen LogP contribution in [-0.4, -0.2) is 48.8 Å². The van der Waals surface area contributed by atoms with Crippen LogP contribution < -0.4 is 5.32 Å². The lowest BCUT2D eigenvalue weighted by Crippen LogP contribution is -2.41. The zero-order chi connectivity index (χ0) is 11.3. The summed E-state index contributed by atoms with van der Waals surface area (Å²) in [5.41, 5.74) is -0.496. The van der Waals surface area contributed by atoms with Crippen molar-refractivity contribution < 1.29 is 5.11 Å². The molecule has 15 heavy (non-hydrogen) atoms. The van der Waals surface area contributed by atoms with E-state index in [4.69, 9.17) is 0 Å². The highest BCUT2D eigenvalue weighted by Crippen LogP contribution is 2.15. The van der Waals surface area contributed by atoms with Gasteiger partial charge in [0, 0.05) is 13.1 Å². The maximum atomic E-state index is 10.1. The second kappa shape index (κ2) is 5.83. The summed E-state index contributed by atoms with van der Waals surface area (Å²) in [7, 11) is 2.18. The van der Waals surface area contributed by atoms with Gasteiger partial charge in [0.1, 0.15) is 0 Å². The first-order chi connectivity index (χ1) is 7.09. The van der Waals surface area contributed by atoms with Crippen LogP contribution in [0, 0.1) is 5.92 Å². The average Bonchev–Trinajstić information content (AvgIpc) is 2.64. The Labute approximate surface area is 93.9 Å². The van der Waals surface area contributed by atoms with E-state index >= 15 is 0 Å². The molecule has 1 atom stereocenters. The molecule has 0 aromatic rings. The SMILES string of the molecule is CCC(O)(CC)CNCC1CCN(C)C1. The zero-order valence-electron chi connectivity index (χ0n) is 10.4. The Bertz CT molecular complexity index is 180. The molecule has 1 aliphatic heterocycles. The molecule has 1 saturated heterocycles. The van der Waals surface area contributed by atoms with Crippen LogP contribution in [0.1, 0.15) is 33.1 Å². The lowest BCUT2D eigenvalue weighted by Gasteiger charge is -2.26. The van der Waals surface area contributed by atoms with Crippen LogP contribution in [-0.2, 0) is 0 Å². The zero-order valence-corrected chi connectivity index (χ0v) is 10.4. The molecule has 0 aromatic heterocycles. The van der Waals surface area contributed by atoms with Crippen LogP contribution >= 0.6 is 0 Å². The molecule has 0 radical (unpaired) electrons. The summed E-state index contributed by atoms with van der Waals surface area (Å²) in [5.74, 6) is 0.771. The highest BCUT2D eigenvalue weighted by molar-refractivity contribution is 4.80. The van der Waals surface area contributed by atoms with Gasteiger partial charge in [-0.3, -0.25) is 0 Å². The molecule has 0 amide bonds. The van der Waals surface area contributed by atoms with Gasteiger partial charge in [0.05, 0.1) is 5.60 Å². The van der Waals surface area contributed by atoms with Crippen molar-refractivity contribution in [2.24, 2.45) is 5.92 Å². The Kier molecular flexibility index (Phi) is 5.03. The number of hydrogen-bond donors (Lipinski definition) is 2. The fraction of sp³-hybridized carbons (Fsp3) is 1.00. The average molecular weight is 214 g/mol. The third kappa shape index (κ3) is 4.09. The second-order valence-electron chi connectivity index (χ2n) is 4.98. The fourth-order valence-corrected chi connectivity index (χ4v) is 2.20. The van der Waals surface area contributed by atoms with Gasteiger partial charge in [-0.1, -0.05) is 13.8 Å². The molecule has 90 valence electrons.